The zero-order valence-corrected chi connectivity index (χ0v) is 21.5. The summed E-state index contributed by atoms with van der Waals surface area (Å²) in [5, 5.41) is 11.3. The Hall–Kier alpha value is -4.37. The van der Waals surface area contributed by atoms with E-state index in [1.54, 1.807) is 29.9 Å². The van der Waals surface area contributed by atoms with Gasteiger partial charge in [-0.2, -0.15) is 5.10 Å². The standard InChI is InChI=1S/C28H25N7OS/c1-15(2)9-24(36)31-19-10-17(12-29-14-19)18-11-21-26(34-35-27(21)30-13-18)28-32-22-6-4-5-20(25(22)33-28)23-8-7-16(3)37-23/h4-8,10-15H,9H2,1-3H3,(H,31,36)(H,32,33)(H,30,34,35). The number of nitrogens with one attached hydrogen (secondary N) is 3. The molecule has 0 aliphatic rings. The summed E-state index contributed by atoms with van der Waals surface area (Å²) in [6.45, 7) is 6.14. The van der Waals surface area contributed by atoms with Crippen LogP contribution in [0.3, 0.4) is 0 Å². The summed E-state index contributed by atoms with van der Waals surface area (Å²) in [7, 11) is 0. The number of carbonyl (C=O) groups is 1. The normalized spacial score (nSPS) is 11.6. The molecule has 9 heteroatoms. The summed E-state index contributed by atoms with van der Waals surface area (Å²) in [6, 6.07) is 14.4. The van der Waals surface area contributed by atoms with Crippen LogP contribution in [0.5, 0.6) is 0 Å². The Balaban J connectivity index is 1.38. The van der Waals surface area contributed by atoms with Gasteiger partial charge in [-0.05, 0) is 43.2 Å². The molecular weight excluding hydrogens is 482 g/mol. The van der Waals surface area contributed by atoms with E-state index in [1.807, 2.05) is 38.1 Å². The number of aromatic nitrogens is 6. The Morgan fingerprint density at radius 1 is 1.08 bits per heavy atom. The van der Waals surface area contributed by atoms with Crippen molar-refractivity contribution in [1.82, 2.24) is 30.1 Å². The number of aryl methyl sites for hydroxylation is 1. The average Bonchev–Trinajstić information content (AvgIpc) is 3.60. The highest BCUT2D eigenvalue weighted by Crippen LogP contribution is 2.35. The Kier molecular flexibility index (Phi) is 5.77. The van der Waals surface area contributed by atoms with Gasteiger partial charge in [0.25, 0.3) is 0 Å². The molecule has 0 fully saturated rings. The smallest absolute Gasteiger partial charge is 0.224 e. The Bertz CT molecular complexity index is 1760. The minimum atomic E-state index is -0.0263. The number of para-hydroxylation sites is 1. The molecule has 5 aromatic heterocycles. The topological polar surface area (TPSA) is 112 Å². The molecule has 5 heterocycles. The molecule has 6 aromatic rings. The highest BCUT2D eigenvalue weighted by atomic mass is 32.1. The molecule has 184 valence electrons. The lowest BCUT2D eigenvalue weighted by Crippen LogP contribution is -2.13. The van der Waals surface area contributed by atoms with E-state index >= 15 is 0 Å². The van der Waals surface area contributed by atoms with Crippen molar-refractivity contribution in [3.05, 3.63) is 65.9 Å². The minimum absolute atomic E-state index is 0.0263. The fraction of sp³-hybridized carbons (Fsp3) is 0.179. The summed E-state index contributed by atoms with van der Waals surface area (Å²) < 4.78 is 0. The van der Waals surface area contributed by atoms with Gasteiger partial charge >= 0.3 is 0 Å². The van der Waals surface area contributed by atoms with Gasteiger partial charge in [-0.15, -0.1) is 11.3 Å². The zero-order chi connectivity index (χ0) is 25.5. The number of pyridine rings is 2. The van der Waals surface area contributed by atoms with Crippen molar-refractivity contribution in [2.45, 2.75) is 27.2 Å². The second kappa shape index (κ2) is 9.25. The number of hydrogen-bond acceptors (Lipinski definition) is 6. The van der Waals surface area contributed by atoms with E-state index in [-0.39, 0.29) is 11.8 Å². The van der Waals surface area contributed by atoms with E-state index < -0.39 is 0 Å². The van der Waals surface area contributed by atoms with Gasteiger partial charge in [0.05, 0.1) is 28.3 Å². The highest BCUT2D eigenvalue weighted by molar-refractivity contribution is 7.15. The van der Waals surface area contributed by atoms with Gasteiger partial charge in [-0.25, -0.2) is 9.97 Å². The number of amides is 1. The van der Waals surface area contributed by atoms with Crippen molar-refractivity contribution in [3.63, 3.8) is 0 Å². The van der Waals surface area contributed by atoms with Crippen LogP contribution in [0.4, 0.5) is 5.69 Å². The molecule has 0 spiro atoms. The number of anilines is 1. The SMILES string of the molecule is Cc1ccc(-c2cccc3[nH]c(-c4[nH]nc5ncc(-c6cncc(NC(=O)CC(C)C)c6)cc45)nc23)s1. The number of H-pyrrole nitrogens is 2. The molecule has 0 atom stereocenters. The van der Waals surface area contributed by atoms with Gasteiger partial charge in [-0.1, -0.05) is 26.0 Å². The van der Waals surface area contributed by atoms with Crippen LogP contribution in [-0.2, 0) is 4.79 Å². The molecule has 6 rings (SSSR count). The lowest BCUT2D eigenvalue weighted by Gasteiger charge is -2.08. The number of nitrogens with zero attached hydrogens (tertiary/aromatic N) is 4. The molecule has 0 unspecified atom stereocenters. The van der Waals surface area contributed by atoms with Crippen LogP contribution in [0.25, 0.3) is 55.2 Å². The molecule has 0 bridgehead atoms. The largest absolute Gasteiger partial charge is 0.337 e. The predicted molar refractivity (Wildman–Crippen MR) is 148 cm³/mol. The number of imidazole rings is 1. The molecule has 1 amide bonds. The summed E-state index contributed by atoms with van der Waals surface area (Å²) in [4.78, 5) is 32.0. The van der Waals surface area contributed by atoms with Gasteiger partial charge in [0.15, 0.2) is 11.5 Å². The maximum Gasteiger partial charge on any atom is 0.224 e. The quantitative estimate of drug-likeness (QED) is 0.236. The predicted octanol–water partition coefficient (Wildman–Crippen LogP) is 6.58. The minimum Gasteiger partial charge on any atom is -0.337 e. The van der Waals surface area contributed by atoms with Gasteiger partial charge in [0.1, 0.15) is 5.69 Å². The van der Waals surface area contributed by atoms with Gasteiger partial charge in [0, 0.05) is 45.3 Å². The van der Waals surface area contributed by atoms with Crippen LogP contribution >= 0.6 is 11.3 Å². The molecule has 0 saturated carbocycles. The lowest BCUT2D eigenvalue weighted by molar-refractivity contribution is -0.116. The van der Waals surface area contributed by atoms with Crippen LogP contribution in [0, 0.1) is 12.8 Å². The van der Waals surface area contributed by atoms with Crippen LogP contribution in [0.2, 0.25) is 0 Å². The first-order chi connectivity index (χ1) is 17.9. The fourth-order valence-corrected chi connectivity index (χ4v) is 5.31. The average molecular weight is 508 g/mol. The van der Waals surface area contributed by atoms with Crippen LogP contribution in [0.15, 0.2) is 61.1 Å². The van der Waals surface area contributed by atoms with E-state index in [0.29, 0.717) is 23.6 Å². The number of thiophene rings is 1. The first kappa shape index (κ1) is 23.1. The number of aromatic amines is 2. The second-order valence-electron chi connectivity index (χ2n) is 9.50. The van der Waals surface area contributed by atoms with Crippen LogP contribution in [-0.4, -0.2) is 36.0 Å². The molecule has 0 saturated heterocycles. The summed E-state index contributed by atoms with van der Waals surface area (Å²) >= 11 is 1.76. The number of hydrogen-bond donors (Lipinski definition) is 3. The third kappa shape index (κ3) is 4.49. The van der Waals surface area contributed by atoms with Crippen molar-refractivity contribution < 1.29 is 4.79 Å². The third-order valence-electron chi connectivity index (χ3n) is 6.11. The number of benzene rings is 1. The number of rotatable bonds is 6. The molecule has 1 aromatic carbocycles. The lowest BCUT2D eigenvalue weighted by atomic mass is 10.1. The van der Waals surface area contributed by atoms with Crippen LogP contribution in [0.1, 0.15) is 25.1 Å². The van der Waals surface area contributed by atoms with Gasteiger partial charge < -0.3 is 10.3 Å². The van der Waals surface area contributed by atoms with E-state index in [9.17, 15) is 4.79 Å². The van der Waals surface area contributed by atoms with E-state index in [0.717, 1.165) is 38.8 Å². The number of fused-ring (bicyclic) bond motifs is 2. The summed E-state index contributed by atoms with van der Waals surface area (Å²) in [6.07, 6.45) is 5.64. The summed E-state index contributed by atoms with van der Waals surface area (Å²) in [5.74, 6) is 0.956. The molecular formula is C28H25N7OS. The Morgan fingerprint density at radius 2 is 1.95 bits per heavy atom. The zero-order valence-electron chi connectivity index (χ0n) is 20.7. The molecule has 0 aliphatic carbocycles. The first-order valence-corrected chi connectivity index (χ1v) is 12.9. The van der Waals surface area contributed by atoms with Gasteiger partial charge in [-0.3, -0.25) is 14.9 Å². The Morgan fingerprint density at radius 3 is 2.76 bits per heavy atom. The van der Waals surface area contributed by atoms with E-state index in [1.165, 1.54) is 9.75 Å². The summed E-state index contributed by atoms with van der Waals surface area (Å²) in [5.41, 5.74) is 6.72. The van der Waals surface area contributed by atoms with Crippen molar-refractivity contribution >= 4 is 45.0 Å². The van der Waals surface area contributed by atoms with Gasteiger partial charge in [0.2, 0.25) is 5.91 Å². The van der Waals surface area contributed by atoms with Crippen molar-refractivity contribution in [1.29, 1.82) is 0 Å². The molecule has 0 radical (unpaired) electrons. The van der Waals surface area contributed by atoms with Crippen molar-refractivity contribution in [3.8, 4) is 33.1 Å². The first-order valence-electron chi connectivity index (χ1n) is 12.1. The molecule has 3 N–H and O–H groups in total. The molecule has 37 heavy (non-hydrogen) atoms. The monoisotopic (exact) mass is 507 g/mol. The second-order valence-corrected chi connectivity index (χ2v) is 10.8. The third-order valence-corrected chi connectivity index (χ3v) is 7.15. The fourth-order valence-electron chi connectivity index (χ4n) is 4.42. The van der Waals surface area contributed by atoms with Crippen molar-refractivity contribution in [2.24, 2.45) is 5.92 Å². The molecule has 8 nitrogen and oxygen atoms in total. The maximum atomic E-state index is 12.2. The highest BCUT2D eigenvalue weighted by Gasteiger charge is 2.17. The van der Waals surface area contributed by atoms with E-state index in [4.69, 9.17) is 4.98 Å². The van der Waals surface area contributed by atoms with Crippen LogP contribution < -0.4 is 5.32 Å². The van der Waals surface area contributed by atoms with E-state index in [2.05, 4.69) is 55.6 Å². The molecule has 0 aliphatic heterocycles. The van der Waals surface area contributed by atoms with Crippen molar-refractivity contribution in [2.75, 3.05) is 5.32 Å². The maximum absolute atomic E-state index is 12.2. The number of carbonyl (C=O) groups excluding carboxylic acids is 1. The Labute approximate surface area is 217 Å².